The van der Waals surface area contributed by atoms with Crippen molar-refractivity contribution in [3.63, 3.8) is 0 Å². The predicted molar refractivity (Wildman–Crippen MR) is 133 cm³/mol. The number of hydrogen-bond donors (Lipinski definition) is 1. The number of para-hydroxylation sites is 3. The number of anilines is 1. The molecule has 4 rings (SSSR count). The average molecular weight is 484 g/mol. The van der Waals surface area contributed by atoms with Crippen LogP contribution in [0.3, 0.4) is 0 Å². The maximum absolute atomic E-state index is 13.4. The van der Waals surface area contributed by atoms with Gasteiger partial charge in [-0.25, -0.2) is 4.98 Å². The lowest BCUT2D eigenvalue weighted by Gasteiger charge is -2.16. The monoisotopic (exact) mass is 483 g/mol. The van der Waals surface area contributed by atoms with Crippen LogP contribution >= 0.6 is 35.0 Å². The molecule has 162 valence electrons. The van der Waals surface area contributed by atoms with E-state index in [1.165, 1.54) is 11.8 Å². The molecule has 5 nitrogen and oxygen atoms in total. The number of aromatic nitrogens is 2. The Morgan fingerprint density at radius 1 is 1.00 bits per heavy atom. The number of amides is 1. The summed E-state index contributed by atoms with van der Waals surface area (Å²) in [6.07, 6.45) is 0.755. The molecule has 3 aromatic carbocycles. The molecule has 4 aromatic rings. The first-order valence-electron chi connectivity index (χ1n) is 9.96. The van der Waals surface area contributed by atoms with E-state index in [2.05, 4.69) is 5.32 Å². The summed E-state index contributed by atoms with van der Waals surface area (Å²) in [6.45, 7) is 2.03. The molecule has 0 atom stereocenters. The first-order valence-corrected chi connectivity index (χ1v) is 11.7. The lowest BCUT2D eigenvalue weighted by molar-refractivity contribution is -0.113. The number of fused-ring (bicyclic) bond motifs is 1. The van der Waals surface area contributed by atoms with Crippen molar-refractivity contribution in [1.29, 1.82) is 0 Å². The molecule has 0 aliphatic carbocycles. The number of halogens is 2. The molecule has 0 unspecified atom stereocenters. The minimum Gasteiger partial charge on any atom is -0.323 e. The lowest BCUT2D eigenvalue weighted by Crippen LogP contribution is -2.24. The smallest absolute Gasteiger partial charge is 0.266 e. The maximum atomic E-state index is 13.4. The zero-order valence-corrected chi connectivity index (χ0v) is 19.5. The van der Waals surface area contributed by atoms with Crippen molar-refractivity contribution in [1.82, 2.24) is 9.55 Å². The Labute approximate surface area is 199 Å². The van der Waals surface area contributed by atoms with Crippen LogP contribution in [0.1, 0.15) is 12.5 Å². The van der Waals surface area contributed by atoms with E-state index in [0.717, 1.165) is 17.7 Å². The normalized spacial score (nSPS) is 11.0. The Bertz CT molecular complexity index is 1350. The molecule has 32 heavy (non-hydrogen) atoms. The number of nitrogens with zero attached hydrogens (tertiary/aromatic N) is 2. The highest BCUT2D eigenvalue weighted by atomic mass is 35.5. The number of aryl methyl sites for hydroxylation is 1. The van der Waals surface area contributed by atoms with Crippen LogP contribution in [0.2, 0.25) is 10.0 Å². The molecule has 1 amide bonds. The third kappa shape index (κ3) is 4.53. The topological polar surface area (TPSA) is 64.0 Å². The van der Waals surface area contributed by atoms with Crippen molar-refractivity contribution in [2.24, 2.45) is 0 Å². The molecule has 1 aromatic heterocycles. The van der Waals surface area contributed by atoms with Crippen LogP contribution in [-0.4, -0.2) is 21.2 Å². The molecular weight excluding hydrogens is 465 g/mol. The van der Waals surface area contributed by atoms with Crippen molar-refractivity contribution in [3.05, 3.63) is 92.7 Å². The molecule has 0 aliphatic rings. The Hall–Kier alpha value is -2.80. The van der Waals surface area contributed by atoms with Crippen LogP contribution in [0.15, 0.2) is 76.7 Å². The first-order chi connectivity index (χ1) is 15.5. The summed E-state index contributed by atoms with van der Waals surface area (Å²) in [5, 5.41) is 4.42. The quantitative estimate of drug-likeness (QED) is 0.270. The molecule has 0 spiro atoms. The maximum Gasteiger partial charge on any atom is 0.266 e. The van der Waals surface area contributed by atoms with Crippen LogP contribution in [0.4, 0.5) is 5.69 Å². The summed E-state index contributed by atoms with van der Waals surface area (Å²) in [4.78, 5) is 30.8. The second-order valence-electron chi connectivity index (χ2n) is 6.97. The Morgan fingerprint density at radius 3 is 2.44 bits per heavy atom. The van der Waals surface area contributed by atoms with Crippen LogP contribution in [0.5, 0.6) is 0 Å². The van der Waals surface area contributed by atoms with Gasteiger partial charge in [0.2, 0.25) is 5.91 Å². The van der Waals surface area contributed by atoms with E-state index in [0.29, 0.717) is 31.8 Å². The summed E-state index contributed by atoms with van der Waals surface area (Å²) in [5.74, 6) is -0.275. The summed E-state index contributed by atoms with van der Waals surface area (Å²) >= 11 is 13.5. The van der Waals surface area contributed by atoms with Gasteiger partial charge in [-0.3, -0.25) is 14.2 Å². The summed E-state index contributed by atoms with van der Waals surface area (Å²) in [7, 11) is 0. The number of rotatable bonds is 6. The van der Waals surface area contributed by atoms with E-state index in [1.807, 2.05) is 43.3 Å². The Balaban J connectivity index is 1.72. The Kier molecular flexibility index (Phi) is 6.84. The van der Waals surface area contributed by atoms with Gasteiger partial charge >= 0.3 is 0 Å². The van der Waals surface area contributed by atoms with E-state index in [9.17, 15) is 9.59 Å². The number of benzene rings is 3. The SMILES string of the molecule is CCc1ccccc1-n1c(SCC(=O)Nc2c(Cl)cccc2Cl)nc2ccccc2c1=O. The van der Waals surface area contributed by atoms with E-state index in [-0.39, 0.29) is 17.2 Å². The van der Waals surface area contributed by atoms with Gasteiger partial charge in [0.15, 0.2) is 5.16 Å². The number of carbonyl (C=O) groups excluding carboxylic acids is 1. The van der Waals surface area contributed by atoms with Gasteiger partial charge in [0.05, 0.1) is 38.1 Å². The number of thioether (sulfide) groups is 1. The van der Waals surface area contributed by atoms with Gasteiger partial charge < -0.3 is 5.32 Å². The highest BCUT2D eigenvalue weighted by Crippen LogP contribution is 2.30. The average Bonchev–Trinajstić information content (AvgIpc) is 2.80. The van der Waals surface area contributed by atoms with Crippen LogP contribution in [0.25, 0.3) is 16.6 Å². The zero-order chi connectivity index (χ0) is 22.7. The molecule has 0 fully saturated rings. The fourth-order valence-corrected chi connectivity index (χ4v) is 4.67. The van der Waals surface area contributed by atoms with Crippen molar-refractivity contribution < 1.29 is 4.79 Å². The molecule has 0 saturated carbocycles. The molecule has 0 bridgehead atoms. The third-order valence-electron chi connectivity index (χ3n) is 4.92. The summed E-state index contributed by atoms with van der Waals surface area (Å²) < 4.78 is 1.58. The minimum atomic E-state index is -0.303. The van der Waals surface area contributed by atoms with E-state index < -0.39 is 0 Å². The number of carbonyl (C=O) groups is 1. The summed E-state index contributed by atoms with van der Waals surface area (Å²) in [5.41, 5.74) is 2.55. The predicted octanol–water partition coefficient (Wildman–Crippen LogP) is 5.99. The van der Waals surface area contributed by atoms with Gasteiger partial charge in [0.25, 0.3) is 5.56 Å². The zero-order valence-electron chi connectivity index (χ0n) is 17.1. The highest BCUT2D eigenvalue weighted by Gasteiger charge is 2.17. The molecular formula is C24H19Cl2N3O2S. The second-order valence-corrected chi connectivity index (χ2v) is 8.72. The molecule has 1 N–H and O–H groups in total. The van der Waals surface area contributed by atoms with Crippen LogP contribution < -0.4 is 10.9 Å². The molecule has 0 radical (unpaired) electrons. The van der Waals surface area contributed by atoms with Crippen LogP contribution in [-0.2, 0) is 11.2 Å². The second kappa shape index (κ2) is 9.77. The van der Waals surface area contributed by atoms with Gasteiger partial charge in [-0.1, -0.05) is 78.3 Å². The van der Waals surface area contributed by atoms with Gasteiger partial charge in [0, 0.05) is 0 Å². The van der Waals surface area contributed by atoms with Crippen molar-refractivity contribution >= 4 is 57.5 Å². The van der Waals surface area contributed by atoms with Gasteiger partial charge in [-0.05, 0) is 42.3 Å². The molecule has 8 heteroatoms. The fraction of sp³-hybridized carbons (Fsp3) is 0.125. The first kappa shape index (κ1) is 22.4. The van der Waals surface area contributed by atoms with E-state index >= 15 is 0 Å². The van der Waals surface area contributed by atoms with Crippen molar-refractivity contribution in [3.8, 4) is 5.69 Å². The van der Waals surface area contributed by atoms with Crippen molar-refractivity contribution in [2.75, 3.05) is 11.1 Å². The largest absolute Gasteiger partial charge is 0.323 e. The number of nitrogens with one attached hydrogen (secondary N) is 1. The van der Waals surface area contributed by atoms with E-state index in [1.54, 1.807) is 34.9 Å². The lowest BCUT2D eigenvalue weighted by atomic mass is 10.1. The minimum absolute atomic E-state index is 0.0284. The third-order valence-corrected chi connectivity index (χ3v) is 6.49. The molecule has 0 aliphatic heterocycles. The summed E-state index contributed by atoms with van der Waals surface area (Å²) in [6, 6.07) is 19.9. The van der Waals surface area contributed by atoms with Gasteiger partial charge in [-0.15, -0.1) is 0 Å². The van der Waals surface area contributed by atoms with Crippen molar-refractivity contribution in [2.45, 2.75) is 18.5 Å². The van der Waals surface area contributed by atoms with Gasteiger partial charge in [0.1, 0.15) is 0 Å². The highest BCUT2D eigenvalue weighted by molar-refractivity contribution is 7.99. The van der Waals surface area contributed by atoms with Gasteiger partial charge in [-0.2, -0.15) is 0 Å². The van der Waals surface area contributed by atoms with E-state index in [4.69, 9.17) is 28.2 Å². The fourth-order valence-electron chi connectivity index (χ4n) is 3.37. The van der Waals surface area contributed by atoms with Crippen LogP contribution in [0, 0.1) is 0 Å². The number of hydrogen-bond acceptors (Lipinski definition) is 4. The Morgan fingerprint density at radius 2 is 1.69 bits per heavy atom. The standard InChI is InChI=1S/C24H19Cl2N3O2S/c1-2-15-8-3-6-13-20(15)29-23(31)16-9-4-5-12-19(16)27-24(29)32-14-21(30)28-22-17(25)10-7-11-18(22)26/h3-13H,2,14H2,1H3,(H,28,30). The molecule has 1 heterocycles. The molecule has 0 saturated heterocycles.